The normalized spacial score (nSPS) is 11.4. The molecule has 26 heavy (non-hydrogen) atoms. The largest absolute Gasteiger partial charge is 0.482 e. The number of hydrogen-bond acceptors (Lipinski definition) is 4. The highest BCUT2D eigenvalue weighted by Crippen LogP contribution is 2.27. The van der Waals surface area contributed by atoms with Gasteiger partial charge >= 0.3 is 0 Å². The van der Waals surface area contributed by atoms with Gasteiger partial charge in [-0.05, 0) is 37.6 Å². The van der Waals surface area contributed by atoms with Crippen molar-refractivity contribution in [2.24, 2.45) is 0 Å². The average Bonchev–Trinajstić information content (AvgIpc) is 2.58. The Labute approximate surface area is 158 Å². The summed E-state index contributed by atoms with van der Waals surface area (Å²) in [5.41, 5.74) is 0.978. The molecule has 0 spiro atoms. The van der Waals surface area contributed by atoms with E-state index in [9.17, 15) is 13.2 Å². The van der Waals surface area contributed by atoms with E-state index in [0.29, 0.717) is 6.54 Å². The minimum absolute atomic E-state index is 0.0390. The number of carbonyl (C=O) groups is 1. The van der Waals surface area contributed by atoms with Crippen molar-refractivity contribution in [3.05, 3.63) is 59.1 Å². The molecule has 0 fully saturated rings. The zero-order valence-corrected chi connectivity index (χ0v) is 16.1. The Morgan fingerprint density at radius 1 is 1.15 bits per heavy atom. The molecule has 0 aliphatic heterocycles. The van der Waals surface area contributed by atoms with Crippen molar-refractivity contribution in [1.29, 1.82) is 0 Å². The number of hydrogen-bond donors (Lipinski definition) is 2. The van der Waals surface area contributed by atoms with E-state index in [1.807, 2.05) is 30.3 Å². The van der Waals surface area contributed by atoms with Crippen molar-refractivity contribution >= 4 is 27.5 Å². The molecule has 2 aromatic rings. The Bertz CT molecular complexity index is 855. The van der Waals surface area contributed by atoms with Crippen LogP contribution in [0.15, 0.2) is 53.4 Å². The predicted molar refractivity (Wildman–Crippen MR) is 101 cm³/mol. The fourth-order valence-electron chi connectivity index (χ4n) is 2.13. The Balaban J connectivity index is 1.92. The maximum atomic E-state index is 12.1. The van der Waals surface area contributed by atoms with Gasteiger partial charge in [0.15, 0.2) is 6.61 Å². The topological polar surface area (TPSA) is 84.5 Å². The lowest BCUT2D eigenvalue weighted by molar-refractivity contribution is -0.123. The molecule has 0 saturated heterocycles. The molecule has 0 saturated carbocycles. The molecular weight excluding hydrogens is 376 g/mol. The van der Waals surface area contributed by atoms with Crippen LogP contribution in [-0.4, -0.2) is 27.0 Å². The van der Waals surface area contributed by atoms with Gasteiger partial charge in [0.2, 0.25) is 10.0 Å². The van der Waals surface area contributed by atoms with Crippen LogP contribution in [-0.2, 0) is 21.4 Å². The first kappa shape index (κ1) is 20.2. The lowest BCUT2D eigenvalue weighted by Gasteiger charge is -2.12. The standard InChI is InChI=1S/C18H21ClN2O4S/c1-13(2)21-26(23,24)15-8-9-17(16(19)10-15)25-12-18(22)20-11-14-6-4-3-5-7-14/h3-10,13,21H,11-12H2,1-2H3,(H,20,22). The quantitative estimate of drug-likeness (QED) is 0.718. The molecule has 8 heteroatoms. The summed E-state index contributed by atoms with van der Waals surface area (Å²) in [5.74, 6) is -0.0619. The van der Waals surface area contributed by atoms with Gasteiger partial charge in [-0.25, -0.2) is 13.1 Å². The first-order chi connectivity index (χ1) is 12.3. The van der Waals surface area contributed by atoms with E-state index in [0.717, 1.165) is 5.56 Å². The highest BCUT2D eigenvalue weighted by molar-refractivity contribution is 7.89. The lowest BCUT2D eigenvalue weighted by Crippen LogP contribution is -2.30. The number of nitrogens with one attached hydrogen (secondary N) is 2. The van der Waals surface area contributed by atoms with Gasteiger partial charge in [-0.1, -0.05) is 41.9 Å². The van der Waals surface area contributed by atoms with Crippen LogP contribution in [0.3, 0.4) is 0 Å². The van der Waals surface area contributed by atoms with Gasteiger partial charge in [0, 0.05) is 12.6 Å². The smallest absolute Gasteiger partial charge is 0.258 e. The van der Waals surface area contributed by atoms with E-state index in [4.69, 9.17) is 16.3 Å². The molecule has 0 unspecified atom stereocenters. The van der Waals surface area contributed by atoms with Crippen LogP contribution in [0.4, 0.5) is 0 Å². The molecule has 0 radical (unpaired) electrons. The number of halogens is 1. The summed E-state index contributed by atoms with van der Waals surface area (Å²) in [7, 11) is -3.64. The third kappa shape index (κ3) is 6.01. The summed E-state index contributed by atoms with van der Waals surface area (Å²) in [6.45, 7) is 3.63. The SMILES string of the molecule is CC(C)NS(=O)(=O)c1ccc(OCC(=O)NCc2ccccc2)c(Cl)c1. The van der Waals surface area contributed by atoms with Crippen molar-refractivity contribution in [3.8, 4) is 5.75 Å². The number of rotatable bonds is 8. The number of sulfonamides is 1. The second-order valence-corrected chi connectivity index (χ2v) is 8.04. The van der Waals surface area contributed by atoms with E-state index in [-0.39, 0.29) is 34.2 Å². The zero-order chi connectivity index (χ0) is 19.2. The molecule has 0 atom stereocenters. The summed E-state index contributed by atoms with van der Waals surface area (Å²) in [5, 5.41) is 2.85. The summed E-state index contributed by atoms with van der Waals surface area (Å²) in [6, 6.07) is 13.4. The van der Waals surface area contributed by atoms with Crippen molar-refractivity contribution in [1.82, 2.24) is 10.0 Å². The average molecular weight is 397 g/mol. The van der Waals surface area contributed by atoms with E-state index in [1.165, 1.54) is 18.2 Å². The maximum Gasteiger partial charge on any atom is 0.258 e. The van der Waals surface area contributed by atoms with Gasteiger partial charge in [0.1, 0.15) is 5.75 Å². The molecular formula is C18H21ClN2O4S. The van der Waals surface area contributed by atoms with Gasteiger partial charge < -0.3 is 10.1 Å². The highest BCUT2D eigenvalue weighted by Gasteiger charge is 2.17. The van der Waals surface area contributed by atoms with Gasteiger partial charge in [-0.2, -0.15) is 0 Å². The molecule has 1 amide bonds. The summed E-state index contributed by atoms with van der Waals surface area (Å²) >= 11 is 6.08. The van der Waals surface area contributed by atoms with Crippen molar-refractivity contribution in [2.75, 3.05) is 6.61 Å². The van der Waals surface area contributed by atoms with Gasteiger partial charge in [-0.15, -0.1) is 0 Å². The number of carbonyl (C=O) groups excluding carboxylic acids is 1. The molecule has 0 bridgehead atoms. The van der Waals surface area contributed by atoms with Crippen LogP contribution in [0, 0.1) is 0 Å². The number of benzene rings is 2. The predicted octanol–water partition coefficient (Wildman–Crippen LogP) is 2.72. The Hall–Kier alpha value is -2.09. The molecule has 0 heterocycles. The zero-order valence-electron chi connectivity index (χ0n) is 14.5. The van der Waals surface area contributed by atoms with Crippen LogP contribution in [0.1, 0.15) is 19.4 Å². The Kier molecular flexibility index (Phi) is 7.02. The Morgan fingerprint density at radius 3 is 2.46 bits per heavy atom. The van der Waals surface area contributed by atoms with Gasteiger partial charge in [-0.3, -0.25) is 4.79 Å². The molecule has 0 aromatic heterocycles. The third-order valence-electron chi connectivity index (χ3n) is 3.30. The van der Waals surface area contributed by atoms with E-state index >= 15 is 0 Å². The van der Waals surface area contributed by atoms with E-state index in [1.54, 1.807) is 13.8 Å². The molecule has 2 rings (SSSR count). The maximum absolute atomic E-state index is 12.1. The second-order valence-electron chi connectivity index (χ2n) is 5.92. The third-order valence-corrected chi connectivity index (χ3v) is 5.25. The van der Waals surface area contributed by atoms with Crippen LogP contribution in [0.2, 0.25) is 5.02 Å². The van der Waals surface area contributed by atoms with E-state index in [2.05, 4.69) is 10.0 Å². The molecule has 2 aromatic carbocycles. The molecule has 2 N–H and O–H groups in total. The first-order valence-corrected chi connectivity index (χ1v) is 9.89. The highest BCUT2D eigenvalue weighted by atomic mass is 35.5. The van der Waals surface area contributed by atoms with E-state index < -0.39 is 10.0 Å². The fraction of sp³-hybridized carbons (Fsp3) is 0.278. The minimum Gasteiger partial charge on any atom is -0.482 e. The number of ether oxygens (including phenoxy) is 1. The van der Waals surface area contributed by atoms with Gasteiger partial charge in [0.25, 0.3) is 5.91 Å². The monoisotopic (exact) mass is 396 g/mol. The summed E-state index contributed by atoms with van der Waals surface area (Å²) in [4.78, 5) is 11.9. The summed E-state index contributed by atoms with van der Waals surface area (Å²) < 4.78 is 32.1. The van der Waals surface area contributed by atoms with Gasteiger partial charge in [0.05, 0.1) is 9.92 Å². The van der Waals surface area contributed by atoms with Crippen molar-refractivity contribution in [3.63, 3.8) is 0 Å². The summed E-state index contributed by atoms with van der Waals surface area (Å²) in [6.07, 6.45) is 0. The van der Waals surface area contributed by atoms with Crippen LogP contribution in [0.25, 0.3) is 0 Å². The Morgan fingerprint density at radius 2 is 1.85 bits per heavy atom. The number of amides is 1. The minimum atomic E-state index is -3.64. The lowest BCUT2D eigenvalue weighted by atomic mass is 10.2. The van der Waals surface area contributed by atoms with Crippen LogP contribution < -0.4 is 14.8 Å². The molecule has 0 aliphatic rings. The van der Waals surface area contributed by atoms with Crippen molar-refractivity contribution in [2.45, 2.75) is 31.3 Å². The van der Waals surface area contributed by atoms with Crippen LogP contribution >= 0.6 is 11.6 Å². The van der Waals surface area contributed by atoms with Crippen molar-refractivity contribution < 1.29 is 17.9 Å². The van der Waals surface area contributed by atoms with Crippen LogP contribution in [0.5, 0.6) is 5.75 Å². The first-order valence-electron chi connectivity index (χ1n) is 8.03. The molecule has 140 valence electrons. The molecule has 0 aliphatic carbocycles. The molecule has 6 nitrogen and oxygen atoms in total. The fourth-order valence-corrected chi connectivity index (χ4v) is 3.71. The second kappa shape index (κ2) is 9.02.